The topological polar surface area (TPSA) is 57.0 Å². The smallest absolute Gasteiger partial charge is 0.308 e. The number of nitrogens with zero attached hydrogens (tertiary/aromatic N) is 3. The van der Waals surface area contributed by atoms with Crippen molar-refractivity contribution in [2.45, 2.75) is 13.5 Å². The molecule has 0 fully saturated rings. The first-order valence-corrected chi connectivity index (χ1v) is 6.94. The van der Waals surface area contributed by atoms with Crippen molar-refractivity contribution in [3.63, 3.8) is 0 Å². The summed E-state index contributed by atoms with van der Waals surface area (Å²) in [6.45, 7) is 2.02. The van der Waals surface area contributed by atoms with Gasteiger partial charge in [0.05, 0.1) is 12.7 Å². The number of esters is 1. The van der Waals surface area contributed by atoms with E-state index in [0.29, 0.717) is 18.0 Å². The molecule has 0 saturated carbocycles. The maximum atomic E-state index is 11.2. The fourth-order valence-corrected chi connectivity index (χ4v) is 2.19. The largest absolute Gasteiger partial charge is 0.426 e. The average molecular weight is 293 g/mol. The number of aromatic nitrogens is 3. The van der Waals surface area contributed by atoms with Crippen LogP contribution in [0.4, 0.5) is 0 Å². The molecule has 0 aliphatic rings. The molecule has 5 nitrogen and oxygen atoms in total. The van der Waals surface area contributed by atoms with Crippen molar-refractivity contribution in [1.82, 2.24) is 15.0 Å². The van der Waals surface area contributed by atoms with E-state index in [0.717, 1.165) is 11.1 Å². The zero-order chi connectivity index (χ0) is 15.4. The Kier molecular flexibility index (Phi) is 3.96. The van der Waals surface area contributed by atoms with E-state index in [2.05, 4.69) is 10.3 Å². The lowest BCUT2D eigenvalue weighted by atomic mass is 10.1. The molecule has 2 aromatic carbocycles. The highest BCUT2D eigenvalue weighted by atomic mass is 16.5. The molecule has 0 N–H and O–H groups in total. The molecule has 5 heteroatoms. The minimum Gasteiger partial charge on any atom is -0.426 e. The Hall–Kier alpha value is -2.95. The lowest BCUT2D eigenvalue weighted by molar-refractivity contribution is -0.131. The Morgan fingerprint density at radius 1 is 1.09 bits per heavy atom. The van der Waals surface area contributed by atoms with Gasteiger partial charge in [0.1, 0.15) is 11.4 Å². The van der Waals surface area contributed by atoms with Crippen molar-refractivity contribution in [3.8, 4) is 17.0 Å². The number of ether oxygens (including phenoxy) is 1. The van der Waals surface area contributed by atoms with Gasteiger partial charge in [-0.1, -0.05) is 47.7 Å². The highest BCUT2D eigenvalue weighted by Crippen LogP contribution is 2.28. The summed E-state index contributed by atoms with van der Waals surface area (Å²) in [4.78, 5) is 11.2. The van der Waals surface area contributed by atoms with E-state index in [9.17, 15) is 4.79 Å². The Bertz CT molecular complexity index is 781. The SMILES string of the molecule is CC(=O)Oc1ccccc1-c1cn(Cc2ccccc2)nn1. The standard InChI is InChI=1S/C17H15N3O2/c1-13(21)22-17-10-6-5-9-15(17)16-12-20(19-18-16)11-14-7-3-2-4-8-14/h2-10,12H,11H2,1H3. The summed E-state index contributed by atoms with van der Waals surface area (Å²) in [6, 6.07) is 17.3. The zero-order valence-corrected chi connectivity index (χ0v) is 12.1. The second kappa shape index (κ2) is 6.22. The van der Waals surface area contributed by atoms with E-state index in [1.54, 1.807) is 10.7 Å². The molecule has 0 saturated heterocycles. The van der Waals surface area contributed by atoms with Crippen LogP contribution in [0.1, 0.15) is 12.5 Å². The number of hydrogen-bond donors (Lipinski definition) is 0. The first-order valence-electron chi connectivity index (χ1n) is 6.94. The van der Waals surface area contributed by atoms with Crippen LogP contribution in [0.25, 0.3) is 11.3 Å². The molecule has 0 amide bonds. The molecule has 1 aromatic heterocycles. The van der Waals surface area contributed by atoms with Gasteiger partial charge in [0, 0.05) is 12.5 Å². The van der Waals surface area contributed by atoms with E-state index in [4.69, 9.17) is 4.74 Å². The normalized spacial score (nSPS) is 10.4. The summed E-state index contributed by atoms with van der Waals surface area (Å²) in [5.74, 6) is 0.130. The van der Waals surface area contributed by atoms with Gasteiger partial charge < -0.3 is 4.74 Å². The summed E-state index contributed by atoms with van der Waals surface area (Å²) in [5.41, 5.74) is 2.57. The molecule has 0 bridgehead atoms. The van der Waals surface area contributed by atoms with Gasteiger partial charge in [-0.25, -0.2) is 4.68 Å². The van der Waals surface area contributed by atoms with Crippen molar-refractivity contribution in [3.05, 3.63) is 66.4 Å². The predicted octanol–water partition coefficient (Wildman–Crippen LogP) is 2.92. The van der Waals surface area contributed by atoms with Crippen LogP contribution in [-0.4, -0.2) is 21.0 Å². The summed E-state index contributed by atoms with van der Waals surface area (Å²) >= 11 is 0. The molecule has 3 aromatic rings. The van der Waals surface area contributed by atoms with E-state index in [1.807, 2.05) is 54.7 Å². The first-order chi connectivity index (χ1) is 10.7. The van der Waals surface area contributed by atoms with Gasteiger partial charge in [-0.3, -0.25) is 4.79 Å². The quantitative estimate of drug-likeness (QED) is 0.548. The highest BCUT2D eigenvalue weighted by Gasteiger charge is 2.11. The fraction of sp³-hybridized carbons (Fsp3) is 0.118. The molecule has 0 unspecified atom stereocenters. The molecule has 0 atom stereocenters. The van der Waals surface area contributed by atoms with Crippen LogP contribution in [0.5, 0.6) is 5.75 Å². The van der Waals surface area contributed by atoms with Crippen LogP contribution >= 0.6 is 0 Å². The number of rotatable bonds is 4. The summed E-state index contributed by atoms with van der Waals surface area (Å²) < 4.78 is 6.97. The molecule has 0 aliphatic heterocycles. The van der Waals surface area contributed by atoms with Crippen LogP contribution in [0.2, 0.25) is 0 Å². The van der Waals surface area contributed by atoms with Crippen LogP contribution in [0.15, 0.2) is 60.8 Å². The van der Waals surface area contributed by atoms with Crippen molar-refractivity contribution in [1.29, 1.82) is 0 Å². The first kappa shape index (κ1) is 14.0. The minimum atomic E-state index is -0.357. The summed E-state index contributed by atoms with van der Waals surface area (Å²) in [7, 11) is 0. The molecule has 0 radical (unpaired) electrons. The lowest BCUT2D eigenvalue weighted by Crippen LogP contribution is -2.02. The monoisotopic (exact) mass is 293 g/mol. The average Bonchev–Trinajstić information content (AvgIpc) is 2.96. The third kappa shape index (κ3) is 3.20. The van der Waals surface area contributed by atoms with Crippen LogP contribution < -0.4 is 4.74 Å². The van der Waals surface area contributed by atoms with Crippen molar-refractivity contribution < 1.29 is 9.53 Å². The zero-order valence-electron chi connectivity index (χ0n) is 12.1. The molecule has 1 heterocycles. The second-order valence-corrected chi connectivity index (χ2v) is 4.88. The molecule has 22 heavy (non-hydrogen) atoms. The number of para-hydroxylation sites is 1. The molecule has 110 valence electrons. The summed E-state index contributed by atoms with van der Waals surface area (Å²) in [6.07, 6.45) is 1.84. The number of benzene rings is 2. The number of carbonyl (C=O) groups excluding carboxylic acids is 1. The Balaban J connectivity index is 1.86. The minimum absolute atomic E-state index is 0.357. The van der Waals surface area contributed by atoms with E-state index < -0.39 is 0 Å². The predicted molar refractivity (Wildman–Crippen MR) is 82.3 cm³/mol. The highest BCUT2D eigenvalue weighted by molar-refractivity contribution is 5.74. The van der Waals surface area contributed by atoms with Gasteiger partial charge in [-0.05, 0) is 17.7 Å². The Labute approximate surface area is 128 Å². The number of carbonyl (C=O) groups is 1. The number of hydrogen-bond acceptors (Lipinski definition) is 4. The third-order valence-electron chi connectivity index (χ3n) is 3.14. The lowest BCUT2D eigenvalue weighted by Gasteiger charge is -2.05. The van der Waals surface area contributed by atoms with Gasteiger partial charge in [0.25, 0.3) is 0 Å². The molecule has 3 rings (SSSR count). The molecule has 0 aliphatic carbocycles. The van der Waals surface area contributed by atoms with Crippen molar-refractivity contribution >= 4 is 5.97 Å². The van der Waals surface area contributed by atoms with Crippen molar-refractivity contribution in [2.24, 2.45) is 0 Å². The van der Waals surface area contributed by atoms with Gasteiger partial charge in [0.15, 0.2) is 0 Å². The Morgan fingerprint density at radius 2 is 1.82 bits per heavy atom. The van der Waals surface area contributed by atoms with Gasteiger partial charge >= 0.3 is 5.97 Å². The Morgan fingerprint density at radius 3 is 2.59 bits per heavy atom. The van der Waals surface area contributed by atoms with E-state index >= 15 is 0 Å². The molecule has 0 spiro atoms. The second-order valence-electron chi connectivity index (χ2n) is 4.88. The molecular formula is C17H15N3O2. The van der Waals surface area contributed by atoms with Crippen LogP contribution in [0.3, 0.4) is 0 Å². The van der Waals surface area contributed by atoms with Gasteiger partial charge in [-0.15, -0.1) is 5.10 Å². The maximum Gasteiger partial charge on any atom is 0.308 e. The van der Waals surface area contributed by atoms with E-state index in [1.165, 1.54) is 6.92 Å². The molecular weight excluding hydrogens is 278 g/mol. The van der Waals surface area contributed by atoms with E-state index in [-0.39, 0.29) is 5.97 Å². The maximum absolute atomic E-state index is 11.2. The van der Waals surface area contributed by atoms with Crippen molar-refractivity contribution in [2.75, 3.05) is 0 Å². The van der Waals surface area contributed by atoms with Crippen LogP contribution in [0, 0.1) is 0 Å². The van der Waals surface area contributed by atoms with Gasteiger partial charge in [0.2, 0.25) is 0 Å². The third-order valence-corrected chi connectivity index (χ3v) is 3.14. The van der Waals surface area contributed by atoms with Gasteiger partial charge in [-0.2, -0.15) is 0 Å². The van der Waals surface area contributed by atoms with Crippen LogP contribution in [-0.2, 0) is 11.3 Å². The summed E-state index contributed by atoms with van der Waals surface area (Å²) in [5, 5.41) is 8.31. The fourth-order valence-electron chi connectivity index (χ4n) is 2.19.